The van der Waals surface area contributed by atoms with Gasteiger partial charge in [0, 0.05) is 6.20 Å². The number of nitrogens with zero attached hydrogens (tertiary/aromatic N) is 2. The normalized spacial score (nSPS) is 12.5. The van der Waals surface area contributed by atoms with Crippen molar-refractivity contribution in [2.24, 2.45) is 5.41 Å². The Morgan fingerprint density at radius 3 is 1.44 bits per heavy atom. The van der Waals surface area contributed by atoms with Crippen LogP contribution in [0, 0.1) is 5.41 Å². The van der Waals surface area contributed by atoms with Crippen molar-refractivity contribution >= 4 is 11.6 Å². The third-order valence-electron chi connectivity index (χ3n) is 6.75. The molecule has 0 aliphatic heterocycles. The molecule has 0 atom stereocenters. The van der Waals surface area contributed by atoms with E-state index in [0.717, 1.165) is 5.69 Å². The van der Waals surface area contributed by atoms with Crippen molar-refractivity contribution in [2.45, 2.75) is 26.3 Å². The molecule has 36 heavy (non-hydrogen) atoms. The molecular formula is C34H32N2. The van der Waals surface area contributed by atoms with Gasteiger partial charge in [-0.1, -0.05) is 142 Å². The van der Waals surface area contributed by atoms with Crippen molar-refractivity contribution in [1.29, 1.82) is 0 Å². The maximum atomic E-state index is 4.92. The Hall–Kier alpha value is -4.17. The number of rotatable bonds is 6. The number of aromatic nitrogens is 2. The first kappa shape index (κ1) is 23.6. The Labute approximate surface area is 214 Å². The van der Waals surface area contributed by atoms with E-state index in [1.807, 2.05) is 6.33 Å². The van der Waals surface area contributed by atoms with Crippen molar-refractivity contribution in [3.63, 3.8) is 0 Å². The van der Waals surface area contributed by atoms with Crippen LogP contribution < -0.4 is 0 Å². The van der Waals surface area contributed by atoms with E-state index in [-0.39, 0.29) is 5.41 Å². The summed E-state index contributed by atoms with van der Waals surface area (Å²) in [5.41, 5.74) is 6.41. The van der Waals surface area contributed by atoms with Crippen molar-refractivity contribution < 1.29 is 0 Å². The van der Waals surface area contributed by atoms with E-state index in [4.69, 9.17) is 4.98 Å². The molecule has 5 rings (SSSR count). The molecule has 1 heterocycles. The predicted molar refractivity (Wildman–Crippen MR) is 151 cm³/mol. The van der Waals surface area contributed by atoms with Crippen LogP contribution in [0.2, 0.25) is 0 Å². The lowest BCUT2D eigenvalue weighted by Crippen LogP contribution is -2.36. The van der Waals surface area contributed by atoms with Gasteiger partial charge in [-0.3, -0.25) is 0 Å². The highest BCUT2D eigenvalue weighted by molar-refractivity contribution is 5.83. The van der Waals surface area contributed by atoms with Crippen LogP contribution in [0.5, 0.6) is 0 Å². The molecule has 0 aliphatic rings. The molecule has 2 heteroatoms. The zero-order valence-corrected chi connectivity index (χ0v) is 21.2. The first-order valence-electron chi connectivity index (χ1n) is 12.5. The summed E-state index contributed by atoms with van der Waals surface area (Å²) in [6.07, 6.45) is 6.39. The Morgan fingerprint density at radius 2 is 1.03 bits per heavy atom. The molecule has 0 saturated heterocycles. The molecule has 0 aliphatic carbocycles. The van der Waals surface area contributed by atoms with Gasteiger partial charge in [0.05, 0.1) is 12.0 Å². The number of allylic oxidation sites excluding steroid dienone is 1. The van der Waals surface area contributed by atoms with Crippen LogP contribution in [0.1, 0.15) is 48.7 Å². The van der Waals surface area contributed by atoms with Crippen LogP contribution in [-0.4, -0.2) is 9.55 Å². The predicted octanol–water partition coefficient (Wildman–Crippen LogP) is 8.31. The quantitative estimate of drug-likeness (QED) is 0.229. The van der Waals surface area contributed by atoms with E-state index in [0.29, 0.717) is 0 Å². The van der Waals surface area contributed by atoms with Gasteiger partial charge >= 0.3 is 0 Å². The fraction of sp³-hybridized carbons (Fsp3) is 0.147. The zero-order valence-electron chi connectivity index (χ0n) is 21.2. The summed E-state index contributed by atoms with van der Waals surface area (Å²) in [5.74, 6) is 0. The minimum absolute atomic E-state index is 0.0273. The third kappa shape index (κ3) is 4.43. The Balaban J connectivity index is 1.75. The number of benzene rings is 4. The molecule has 178 valence electrons. The molecule has 0 amide bonds. The Kier molecular flexibility index (Phi) is 6.43. The van der Waals surface area contributed by atoms with E-state index in [1.54, 1.807) is 0 Å². The molecular weight excluding hydrogens is 436 g/mol. The molecule has 5 aromatic rings. The lowest BCUT2D eigenvalue weighted by molar-refractivity contribution is 0.514. The van der Waals surface area contributed by atoms with Crippen LogP contribution in [0.25, 0.3) is 11.6 Å². The number of imidazole rings is 1. The van der Waals surface area contributed by atoms with E-state index in [9.17, 15) is 0 Å². The van der Waals surface area contributed by atoms with Crippen molar-refractivity contribution in [3.8, 4) is 0 Å². The molecule has 0 N–H and O–H groups in total. The van der Waals surface area contributed by atoms with E-state index < -0.39 is 5.54 Å². The second-order valence-corrected chi connectivity index (χ2v) is 10.2. The Bertz CT molecular complexity index is 1330. The topological polar surface area (TPSA) is 17.8 Å². The standard InChI is InChI=1S/C34H32N2/c1-33(2,3)32(27-16-8-4-9-17-27)24-31-25-36(26-35-31)34(28-18-10-5-11-19-28,29-20-12-6-13-21-29)30-22-14-7-15-23-30/h4-26H,1-3H3. The van der Waals surface area contributed by atoms with Crippen molar-refractivity contribution in [1.82, 2.24) is 9.55 Å². The summed E-state index contributed by atoms with van der Waals surface area (Å²) < 4.78 is 2.27. The van der Waals surface area contributed by atoms with Gasteiger partial charge in [-0.25, -0.2) is 4.98 Å². The minimum Gasteiger partial charge on any atom is -0.318 e. The molecule has 0 bridgehead atoms. The van der Waals surface area contributed by atoms with E-state index >= 15 is 0 Å². The molecule has 0 saturated carbocycles. The molecule has 0 radical (unpaired) electrons. The van der Waals surface area contributed by atoms with Crippen LogP contribution in [0.15, 0.2) is 134 Å². The van der Waals surface area contributed by atoms with Gasteiger partial charge in [0.15, 0.2) is 0 Å². The maximum Gasteiger partial charge on any atom is 0.121 e. The van der Waals surface area contributed by atoms with E-state index in [2.05, 4.69) is 159 Å². The van der Waals surface area contributed by atoms with Crippen LogP contribution in [-0.2, 0) is 5.54 Å². The van der Waals surface area contributed by atoms with Gasteiger partial charge in [-0.2, -0.15) is 0 Å². The van der Waals surface area contributed by atoms with Crippen LogP contribution in [0.3, 0.4) is 0 Å². The van der Waals surface area contributed by atoms with Crippen molar-refractivity contribution in [2.75, 3.05) is 0 Å². The Morgan fingerprint density at radius 1 is 0.611 bits per heavy atom. The van der Waals surface area contributed by atoms with Crippen LogP contribution in [0.4, 0.5) is 0 Å². The summed E-state index contributed by atoms with van der Waals surface area (Å²) in [7, 11) is 0. The van der Waals surface area contributed by atoms with Gasteiger partial charge in [0.2, 0.25) is 0 Å². The van der Waals surface area contributed by atoms with Gasteiger partial charge < -0.3 is 4.57 Å². The maximum absolute atomic E-state index is 4.92. The summed E-state index contributed by atoms with van der Waals surface area (Å²) in [6.45, 7) is 6.76. The largest absolute Gasteiger partial charge is 0.318 e. The summed E-state index contributed by atoms with van der Waals surface area (Å²) >= 11 is 0. The van der Waals surface area contributed by atoms with Gasteiger partial charge in [-0.05, 0) is 39.3 Å². The third-order valence-corrected chi connectivity index (χ3v) is 6.75. The average Bonchev–Trinajstić information content (AvgIpc) is 3.38. The SMILES string of the molecule is CC(C)(C)C(=Cc1cn(C(c2ccccc2)(c2ccccc2)c2ccccc2)cn1)c1ccccc1. The minimum atomic E-state index is -0.558. The second kappa shape index (κ2) is 9.83. The van der Waals surface area contributed by atoms with E-state index in [1.165, 1.54) is 27.8 Å². The lowest BCUT2D eigenvalue weighted by Gasteiger charge is -2.37. The van der Waals surface area contributed by atoms with Crippen molar-refractivity contribution in [3.05, 3.63) is 162 Å². The fourth-order valence-corrected chi connectivity index (χ4v) is 5.08. The zero-order chi connectivity index (χ0) is 25.0. The molecule has 1 aromatic heterocycles. The lowest BCUT2D eigenvalue weighted by atomic mass is 9.76. The summed E-state index contributed by atoms with van der Waals surface area (Å²) in [5, 5.41) is 0. The molecule has 0 fully saturated rings. The number of hydrogen-bond acceptors (Lipinski definition) is 1. The van der Waals surface area contributed by atoms with Gasteiger partial charge in [0.25, 0.3) is 0 Å². The molecule has 0 spiro atoms. The van der Waals surface area contributed by atoms with Gasteiger partial charge in [-0.15, -0.1) is 0 Å². The average molecular weight is 469 g/mol. The first-order chi connectivity index (χ1) is 17.5. The summed E-state index contributed by atoms with van der Waals surface area (Å²) in [4.78, 5) is 4.92. The smallest absolute Gasteiger partial charge is 0.121 e. The highest BCUT2D eigenvalue weighted by Crippen LogP contribution is 2.41. The fourth-order valence-electron chi connectivity index (χ4n) is 5.08. The first-order valence-corrected chi connectivity index (χ1v) is 12.5. The second-order valence-electron chi connectivity index (χ2n) is 10.2. The molecule has 0 unspecified atom stereocenters. The highest BCUT2D eigenvalue weighted by Gasteiger charge is 2.38. The highest BCUT2D eigenvalue weighted by atomic mass is 15.1. The van der Waals surface area contributed by atoms with Crippen LogP contribution >= 0.6 is 0 Å². The summed E-state index contributed by atoms with van der Waals surface area (Å²) in [6, 6.07) is 42.7. The molecule has 2 nitrogen and oxygen atoms in total. The van der Waals surface area contributed by atoms with Gasteiger partial charge in [0.1, 0.15) is 5.54 Å². The monoisotopic (exact) mass is 468 g/mol. The molecule has 4 aromatic carbocycles. The number of hydrogen-bond donors (Lipinski definition) is 0.